The number of pyridine rings is 1. The lowest BCUT2D eigenvalue weighted by Gasteiger charge is -2.16. The maximum atomic E-state index is 12.2. The fraction of sp³-hybridized carbons (Fsp3) is 0.261. The van der Waals surface area contributed by atoms with Crippen molar-refractivity contribution in [1.82, 2.24) is 9.97 Å². The van der Waals surface area contributed by atoms with Gasteiger partial charge in [0.25, 0.3) is 0 Å². The minimum Gasteiger partial charge on any atom is -0.487 e. The molecule has 154 valence electrons. The van der Waals surface area contributed by atoms with Crippen molar-refractivity contribution in [3.63, 3.8) is 0 Å². The van der Waals surface area contributed by atoms with E-state index in [-0.39, 0.29) is 5.91 Å². The molecule has 0 bridgehead atoms. The van der Waals surface area contributed by atoms with Gasteiger partial charge in [0.15, 0.2) is 0 Å². The van der Waals surface area contributed by atoms with Crippen LogP contribution in [0.3, 0.4) is 0 Å². The predicted octanol–water partition coefficient (Wildman–Crippen LogP) is 4.68. The average molecular weight is 421 g/mol. The summed E-state index contributed by atoms with van der Waals surface area (Å²) in [6.45, 7) is 4.53. The Kier molecular flexibility index (Phi) is 6.39. The summed E-state index contributed by atoms with van der Waals surface area (Å²) in [4.78, 5) is 23.3. The molecule has 0 atom stereocenters. The van der Waals surface area contributed by atoms with Crippen LogP contribution in [0.2, 0.25) is 0 Å². The molecule has 1 saturated heterocycles. The summed E-state index contributed by atoms with van der Waals surface area (Å²) in [6, 6.07) is 11.4. The first kappa shape index (κ1) is 20.1. The summed E-state index contributed by atoms with van der Waals surface area (Å²) in [5, 5.41) is 5.88. The number of carbonyl (C=O) groups is 1. The van der Waals surface area contributed by atoms with E-state index in [1.165, 1.54) is 18.9 Å². The van der Waals surface area contributed by atoms with Crippen LogP contribution in [0.25, 0.3) is 6.08 Å². The lowest BCUT2D eigenvalue weighted by Crippen LogP contribution is -2.18. The second-order valence-corrected chi connectivity index (χ2v) is 8.20. The van der Waals surface area contributed by atoms with E-state index in [9.17, 15) is 4.79 Å². The number of hydrogen-bond donors (Lipinski definition) is 1. The zero-order chi connectivity index (χ0) is 20.8. The second kappa shape index (κ2) is 9.54. The SMILES string of the molecule is Cc1nc(COc2ccc(/C=C/C(=O)Nc3ccc(N4CCCC4)nc3)cc2)cs1. The summed E-state index contributed by atoms with van der Waals surface area (Å²) >= 11 is 1.61. The lowest BCUT2D eigenvalue weighted by atomic mass is 10.2. The van der Waals surface area contributed by atoms with Crippen LogP contribution in [0.4, 0.5) is 11.5 Å². The van der Waals surface area contributed by atoms with Crippen LogP contribution >= 0.6 is 11.3 Å². The highest BCUT2D eigenvalue weighted by atomic mass is 32.1. The van der Waals surface area contributed by atoms with Crippen LogP contribution in [0, 0.1) is 6.92 Å². The molecule has 0 radical (unpaired) electrons. The zero-order valence-electron chi connectivity index (χ0n) is 16.9. The molecule has 6 nitrogen and oxygen atoms in total. The maximum Gasteiger partial charge on any atom is 0.248 e. The highest BCUT2D eigenvalue weighted by Gasteiger charge is 2.13. The second-order valence-electron chi connectivity index (χ2n) is 7.14. The molecule has 1 aromatic carbocycles. The van der Waals surface area contributed by atoms with E-state index in [1.54, 1.807) is 23.6 Å². The fourth-order valence-corrected chi connectivity index (χ4v) is 3.85. The van der Waals surface area contributed by atoms with Gasteiger partial charge in [-0.3, -0.25) is 4.79 Å². The number of ether oxygens (including phenoxy) is 1. The Labute approximate surface area is 180 Å². The molecular formula is C23H24N4O2S. The summed E-state index contributed by atoms with van der Waals surface area (Å²) in [5.41, 5.74) is 2.54. The number of nitrogens with one attached hydrogen (secondary N) is 1. The molecule has 0 spiro atoms. The van der Waals surface area contributed by atoms with Gasteiger partial charge < -0.3 is 15.0 Å². The minimum atomic E-state index is -0.190. The van der Waals surface area contributed by atoms with Crippen LogP contribution < -0.4 is 15.0 Å². The zero-order valence-corrected chi connectivity index (χ0v) is 17.7. The van der Waals surface area contributed by atoms with Crippen LogP contribution in [-0.2, 0) is 11.4 Å². The van der Waals surface area contributed by atoms with Crippen molar-refractivity contribution in [2.75, 3.05) is 23.3 Å². The van der Waals surface area contributed by atoms with Crippen molar-refractivity contribution >= 4 is 34.8 Å². The first-order valence-electron chi connectivity index (χ1n) is 10.00. The molecule has 0 saturated carbocycles. The molecular weight excluding hydrogens is 396 g/mol. The largest absolute Gasteiger partial charge is 0.487 e. The number of benzene rings is 1. The van der Waals surface area contributed by atoms with Gasteiger partial charge in [-0.2, -0.15) is 0 Å². The van der Waals surface area contributed by atoms with E-state index < -0.39 is 0 Å². The van der Waals surface area contributed by atoms with Crippen molar-refractivity contribution < 1.29 is 9.53 Å². The van der Waals surface area contributed by atoms with Crippen molar-refractivity contribution in [3.05, 3.63) is 70.3 Å². The van der Waals surface area contributed by atoms with Crippen molar-refractivity contribution in [2.45, 2.75) is 26.4 Å². The Morgan fingerprint density at radius 2 is 2.00 bits per heavy atom. The van der Waals surface area contributed by atoms with Crippen LogP contribution in [-0.4, -0.2) is 29.0 Å². The Balaban J connectivity index is 1.27. The summed E-state index contributed by atoms with van der Waals surface area (Å²) in [6.07, 6.45) is 7.42. The summed E-state index contributed by atoms with van der Waals surface area (Å²) < 4.78 is 5.74. The van der Waals surface area contributed by atoms with E-state index in [0.29, 0.717) is 12.3 Å². The molecule has 2 aromatic heterocycles. The first-order chi connectivity index (χ1) is 14.7. The number of carbonyl (C=O) groups excluding carboxylic acids is 1. The standard InChI is InChI=1S/C23H24N4O2S/c1-17-25-20(16-30-17)15-29-21-8-4-18(5-9-21)6-11-23(28)26-19-7-10-22(24-14-19)27-12-2-3-13-27/h4-11,14,16H,2-3,12-13,15H2,1H3,(H,26,28)/b11-6+. The Hall–Kier alpha value is -3.19. The molecule has 1 amide bonds. The number of hydrogen-bond acceptors (Lipinski definition) is 6. The third-order valence-electron chi connectivity index (χ3n) is 4.81. The smallest absolute Gasteiger partial charge is 0.248 e. The van der Waals surface area contributed by atoms with E-state index in [4.69, 9.17) is 4.74 Å². The van der Waals surface area contributed by atoms with Gasteiger partial charge in [0.05, 0.1) is 22.6 Å². The third-order valence-corrected chi connectivity index (χ3v) is 5.63. The molecule has 1 aliphatic rings. The Morgan fingerprint density at radius 3 is 2.67 bits per heavy atom. The quantitative estimate of drug-likeness (QED) is 0.562. The Bertz CT molecular complexity index is 1010. The topological polar surface area (TPSA) is 67.3 Å². The molecule has 3 heterocycles. The van der Waals surface area contributed by atoms with Gasteiger partial charge in [0.2, 0.25) is 5.91 Å². The fourth-order valence-electron chi connectivity index (χ4n) is 3.26. The minimum absolute atomic E-state index is 0.190. The van der Waals surface area contributed by atoms with Gasteiger partial charge in [-0.1, -0.05) is 12.1 Å². The van der Waals surface area contributed by atoms with Gasteiger partial charge >= 0.3 is 0 Å². The van der Waals surface area contributed by atoms with Crippen LogP contribution in [0.1, 0.15) is 29.1 Å². The Morgan fingerprint density at radius 1 is 1.20 bits per heavy atom. The van der Waals surface area contributed by atoms with Crippen LogP contribution in [0.5, 0.6) is 5.75 Å². The monoisotopic (exact) mass is 420 g/mol. The summed E-state index contributed by atoms with van der Waals surface area (Å²) in [7, 11) is 0. The van der Waals surface area contributed by atoms with E-state index in [2.05, 4.69) is 20.2 Å². The number of rotatable bonds is 7. The van der Waals surface area contributed by atoms with Crippen molar-refractivity contribution in [2.24, 2.45) is 0 Å². The van der Waals surface area contributed by atoms with Gasteiger partial charge in [0.1, 0.15) is 18.2 Å². The normalized spacial score (nSPS) is 13.7. The van der Waals surface area contributed by atoms with Gasteiger partial charge in [-0.25, -0.2) is 9.97 Å². The molecule has 30 heavy (non-hydrogen) atoms. The molecule has 1 N–H and O–H groups in total. The van der Waals surface area contributed by atoms with Gasteiger partial charge in [0, 0.05) is 24.5 Å². The third kappa shape index (κ3) is 5.45. The molecule has 7 heteroatoms. The predicted molar refractivity (Wildman–Crippen MR) is 121 cm³/mol. The molecule has 4 rings (SSSR count). The number of thiazole rings is 1. The highest BCUT2D eigenvalue weighted by Crippen LogP contribution is 2.19. The first-order valence-corrected chi connectivity index (χ1v) is 10.9. The average Bonchev–Trinajstić information content (AvgIpc) is 3.44. The van der Waals surface area contributed by atoms with E-state index in [0.717, 1.165) is 40.9 Å². The highest BCUT2D eigenvalue weighted by molar-refractivity contribution is 7.09. The van der Waals surface area contributed by atoms with Crippen molar-refractivity contribution in [1.29, 1.82) is 0 Å². The number of amides is 1. The molecule has 0 aliphatic carbocycles. The number of aromatic nitrogens is 2. The molecule has 1 fully saturated rings. The molecule has 1 aliphatic heterocycles. The van der Waals surface area contributed by atoms with Crippen LogP contribution in [0.15, 0.2) is 54.1 Å². The van der Waals surface area contributed by atoms with Gasteiger partial charge in [-0.05, 0) is 55.7 Å². The van der Waals surface area contributed by atoms with Crippen molar-refractivity contribution in [3.8, 4) is 5.75 Å². The number of aryl methyl sites for hydroxylation is 1. The van der Waals surface area contributed by atoms with Gasteiger partial charge in [-0.15, -0.1) is 11.3 Å². The molecule has 0 unspecified atom stereocenters. The summed E-state index contributed by atoms with van der Waals surface area (Å²) in [5.74, 6) is 1.55. The number of anilines is 2. The maximum absolute atomic E-state index is 12.2. The number of nitrogens with zero attached hydrogens (tertiary/aromatic N) is 3. The lowest BCUT2D eigenvalue weighted by molar-refractivity contribution is -0.111. The molecule has 3 aromatic rings. The van der Waals surface area contributed by atoms with E-state index in [1.807, 2.05) is 48.7 Å². The van der Waals surface area contributed by atoms with E-state index >= 15 is 0 Å².